The van der Waals surface area contributed by atoms with Gasteiger partial charge in [0.05, 0.1) is 7.11 Å². The Morgan fingerprint density at radius 1 is 1.43 bits per heavy atom. The van der Waals surface area contributed by atoms with Crippen molar-refractivity contribution in [3.8, 4) is 5.75 Å². The van der Waals surface area contributed by atoms with Crippen LogP contribution >= 0.6 is 11.6 Å². The largest absolute Gasteiger partial charge is 0.496 e. The van der Waals surface area contributed by atoms with Gasteiger partial charge >= 0.3 is 0 Å². The quantitative estimate of drug-likeness (QED) is 0.869. The molecule has 0 aliphatic carbocycles. The molecular formula is C17H27ClN2O. The van der Waals surface area contributed by atoms with Crippen LogP contribution in [0.4, 0.5) is 0 Å². The topological polar surface area (TPSA) is 24.5 Å². The van der Waals surface area contributed by atoms with E-state index in [2.05, 4.69) is 24.1 Å². The molecule has 1 saturated heterocycles. The fourth-order valence-corrected chi connectivity index (χ4v) is 3.34. The maximum absolute atomic E-state index is 6.34. The molecule has 1 fully saturated rings. The lowest BCUT2D eigenvalue weighted by atomic mass is 9.93. The number of hydrogen-bond acceptors (Lipinski definition) is 3. The lowest BCUT2D eigenvalue weighted by Crippen LogP contribution is -2.48. The molecule has 1 aromatic rings. The van der Waals surface area contributed by atoms with Gasteiger partial charge in [-0.1, -0.05) is 31.5 Å². The average Bonchev–Trinajstić information content (AvgIpc) is 2.48. The van der Waals surface area contributed by atoms with Crippen molar-refractivity contribution in [3.05, 3.63) is 28.8 Å². The Morgan fingerprint density at radius 2 is 2.24 bits per heavy atom. The number of benzene rings is 1. The van der Waals surface area contributed by atoms with Crippen molar-refractivity contribution in [2.24, 2.45) is 5.92 Å². The Kier molecular flexibility index (Phi) is 6.34. The number of piperidine rings is 1. The Bertz CT molecular complexity index is 452. The van der Waals surface area contributed by atoms with Crippen molar-refractivity contribution in [2.45, 2.75) is 39.3 Å². The molecule has 0 spiro atoms. The van der Waals surface area contributed by atoms with Crippen molar-refractivity contribution in [2.75, 3.05) is 26.7 Å². The van der Waals surface area contributed by atoms with Gasteiger partial charge in [-0.05, 0) is 44.0 Å². The molecule has 2 atom stereocenters. The average molecular weight is 311 g/mol. The van der Waals surface area contributed by atoms with Crippen LogP contribution in [0.15, 0.2) is 18.2 Å². The Balaban J connectivity index is 1.96. The second-order valence-corrected chi connectivity index (χ2v) is 6.39. The van der Waals surface area contributed by atoms with Crippen LogP contribution in [-0.2, 0) is 6.54 Å². The van der Waals surface area contributed by atoms with E-state index in [1.165, 1.54) is 12.8 Å². The number of nitrogens with zero attached hydrogens (tertiary/aromatic N) is 1. The summed E-state index contributed by atoms with van der Waals surface area (Å²) in [5, 5.41) is 4.46. The standard InChI is InChI=1S/C17H27ClN2O/c1-4-9-19-16-8-10-20(11-13(16)2)12-14-15(18)6-5-7-17(14)21-3/h5-7,13,16,19H,4,8-12H2,1-3H3. The summed E-state index contributed by atoms with van der Waals surface area (Å²) in [6.45, 7) is 8.76. The molecule has 2 rings (SSSR count). The number of likely N-dealkylation sites (tertiary alicyclic amines) is 1. The highest BCUT2D eigenvalue weighted by molar-refractivity contribution is 6.31. The molecule has 0 saturated carbocycles. The number of methoxy groups -OCH3 is 1. The van der Waals surface area contributed by atoms with E-state index in [0.717, 1.165) is 42.5 Å². The molecule has 0 radical (unpaired) electrons. The molecule has 0 aromatic heterocycles. The van der Waals surface area contributed by atoms with Gasteiger partial charge in [0.2, 0.25) is 0 Å². The van der Waals surface area contributed by atoms with E-state index >= 15 is 0 Å². The molecular weight excluding hydrogens is 284 g/mol. The molecule has 1 aliphatic heterocycles. The van der Waals surface area contributed by atoms with E-state index < -0.39 is 0 Å². The summed E-state index contributed by atoms with van der Waals surface area (Å²) in [6, 6.07) is 6.52. The second-order valence-electron chi connectivity index (χ2n) is 5.98. The van der Waals surface area contributed by atoms with Crippen LogP contribution in [0.5, 0.6) is 5.75 Å². The first kappa shape index (κ1) is 16.6. The minimum absolute atomic E-state index is 0.648. The van der Waals surface area contributed by atoms with E-state index in [9.17, 15) is 0 Å². The van der Waals surface area contributed by atoms with Crippen molar-refractivity contribution < 1.29 is 4.74 Å². The molecule has 118 valence electrons. The maximum atomic E-state index is 6.34. The first-order chi connectivity index (χ1) is 10.2. The summed E-state index contributed by atoms with van der Waals surface area (Å²) in [6.07, 6.45) is 2.40. The molecule has 1 aromatic carbocycles. The SMILES string of the molecule is CCCNC1CCN(Cc2c(Cl)cccc2OC)CC1C. The highest BCUT2D eigenvalue weighted by atomic mass is 35.5. The summed E-state index contributed by atoms with van der Waals surface area (Å²) in [4.78, 5) is 2.48. The predicted molar refractivity (Wildman–Crippen MR) is 89.1 cm³/mol. The molecule has 3 nitrogen and oxygen atoms in total. The monoisotopic (exact) mass is 310 g/mol. The van der Waals surface area contributed by atoms with Crippen LogP contribution in [0.1, 0.15) is 32.3 Å². The Hall–Kier alpha value is -0.770. The zero-order valence-electron chi connectivity index (χ0n) is 13.4. The molecule has 1 N–H and O–H groups in total. The van der Waals surface area contributed by atoms with E-state index in [1.54, 1.807) is 7.11 Å². The minimum Gasteiger partial charge on any atom is -0.496 e. The summed E-state index contributed by atoms with van der Waals surface area (Å²) >= 11 is 6.34. The Morgan fingerprint density at radius 3 is 2.90 bits per heavy atom. The Labute approximate surface area is 133 Å². The third kappa shape index (κ3) is 4.35. The van der Waals surface area contributed by atoms with Gasteiger partial charge in [0.1, 0.15) is 5.75 Å². The molecule has 0 bridgehead atoms. The third-order valence-electron chi connectivity index (χ3n) is 4.32. The first-order valence-electron chi connectivity index (χ1n) is 7.92. The number of halogens is 1. The van der Waals surface area contributed by atoms with Crippen molar-refractivity contribution >= 4 is 11.6 Å². The maximum Gasteiger partial charge on any atom is 0.124 e. The lowest BCUT2D eigenvalue weighted by Gasteiger charge is -2.37. The molecule has 21 heavy (non-hydrogen) atoms. The van der Waals surface area contributed by atoms with Gasteiger partial charge in [0.15, 0.2) is 0 Å². The predicted octanol–water partition coefficient (Wildman–Crippen LogP) is 3.56. The summed E-state index contributed by atoms with van der Waals surface area (Å²) in [5.74, 6) is 1.56. The highest BCUT2D eigenvalue weighted by Gasteiger charge is 2.26. The van der Waals surface area contributed by atoms with Crippen molar-refractivity contribution in [3.63, 3.8) is 0 Å². The first-order valence-corrected chi connectivity index (χ1v) is 8.30. The fraction of sp³-hybridized carbons (Fsp3) is 0.647. The zero-order chi connectivity index (χ0) is 15.2. The van der Waals surface area contributed by atoms with E-state index in [4.69, 9.17) is 16.3 Å². The number of hydrogen-bond donors (Lipinski definition) is 1. The zero-order valence-corrected chi connectivity index (χ0v) is 14.1. The number of rotatable bonds is 6. The fourth-order valence-electron chi connectivity index (χ4n) is 3.12. The molecule has 1 aliphatic rings. The summed E-state index contributed by atoms with van der Waals surface area (Å²) < 4.78 is 5.45. The molecule has 4 heteroatoms. The van der Waals surface area contributed by atoms with Gasteiger partial charge in [-0.2, -0.15) is 0 Å². The summed E-state index contributed by atoms with van der Waals surface area (Å²) in [5.41, 5.74) is 1.11. The van der Waals surface area contributed by atoms with Gasteiger partial charge in [-0.25, -0.2) is 0 Å². The van der Waals surface area contributed by atoms with Crippen LogP contribution in [0.2, 0.25) is 5.02 Å². The third-order valence-corrected chi connectivity index (χ3v) is 4.68. The van der Waals surface area contributed by atoms with Gasteiger partial charge in [0.25, 0.3) is 0 Å². The number of nitrogens with one attached hydrogen (secondary N) is 1. The van der Waals surface area contributed by atoms with Crippen LogP contribution in [0, 0.1) is 5.92 Å². The van der Waals surface area contributed by atoms with Gasteiger partial charge < -0.3 is 10.1 Å². The second kappa shape index (κ2) is 8.02. The number of ether oxygens (including phenoxy) is 1. The van der Waals surface area contributed by atoms with Crippen LogP contribution < -0.4 is 10.1 Å². The van der Waals surface area contributed by atoms with Gasteiger partial charge in [0, 0.05) is 29.7 Å². The van der Waals surface area contributed by atoms with Crippen LogP contribution in [-0.4, -0.2) is 37.7 Å². The van der Waals surface area contributed by atoms with Crippen LogP contribution in [0.25, 0.3) is 0 Å². The van der Waals surface area contributed by atoms with E-state index in [1.807, 2.05) is 18.2 Å². The van der Waals surface area contributed by atoms with E-state index in [0.29, 0.717) is 12.0 Å². The normalized spacial score (nSPS) is 23.2. The molecule has 1 heterocycles. The molecule has 2 unspecified atom stereocenters. The highest BCUT2D eigenvalue weighted by Crippen LogP contribution is 2.29. The van der Waals surface area contributed by atoms with Crippen molar-refractivity contribution in [1.29, 1.82) is 0 Å². The van der Waals surface area contributed by atoms with Crippen molar-refractivity contribution in [1.82, 2.24) is 10.2 Å². The van der Waals surface area contributed by atoms with Gasteiger partial charge in [-0.15, -0.1) is 0 Å². The molecule has 0 amide bonds. The summed E-state index contributed by atoms with van der Waals surface area (Å²) in [7, 11) is 1.71. The minimum atomic E-state index is 0.648. The lowest BCUT2D eigenvalue weighted by molar-refractivity contribution is 0.140. The smallest absolute Gasteiger partial charge is 0.124 e. The van der Waals surface area contributed by atoms with Gasteiger partial charge in [-0.3, -0.25) is 4.90 Å². The van der Waals surface area contributed by atoms with E-state index in [-0.39, 0.29) is 0 Å². The van der Waals surface area contributed by atoms with Crippen LogP contribution in [0.3, 0.4) is 0 Å².